The van der Waals surface area contributed by atoms with E-state index in [4.69, 9.17) is 21.4 Å². The Morgan fingerprint density at radius 2 is 1.53 bits per heavy atom. The third-order valence-corrected chi connectivity index (χ3v) is 5.54. The lowest BCUT2D eigenvalue weighted by molar-refractivity contribution is 0.591. The molecular weight excluding hydrogens is 375 g/mol. The predicted octanol–water partition coefficient (Wildman–Crippen LogP) is 2.63. The van der Waals surface area contributed by atoms with Gasteiger partial charge in [0.15, 0.2) is 0 Å². The molecule has 0 saturated carbocycles. The van der Waals surface area contributed by atoms with Crippen molar-refractivity contribution >= 4 is 55.4 Å². The van der Waals surface area contributed by atoms with Crippen LogP contribution in [0.1, 0.15) is 10.8 Å². The molecule has 0 radical (unpaired) electrons. The molecule has 0 aliphatic heterocycles. The maximum Gasteiger partial charge on any atom is 0.240 e. The van der Waals surface area contributed by atoms with Crippen molar-refractivity contribution in [2.24, 2.45) is 0 Å². The molecule has 0 heterocycles. The lowest BCUT2D eigenvalue weighted by atomic mass is 10.2. The first-order valence-corrected chi connectivity index (χ1v) is 9.85. The monoisotopic (exact) mass is 380 g/mol. The molecular formula is C8H7BrCl2O4S2. The van der Waals surface area contributed by atoms with E-state index < -0.39 is 29.1 Å². The second kappa shape index (κ2) is 5.44. The maximum atomic E-state index is 11.3. The van der Waals surface area contributed by atoms with Crippen molar-refractivity contribution in [1.29, 1.82) is 0 Å². The molecule has 0 aromatic heterocycles. The number of benzene rings is 1. The summed E-state index contributed by atoms with van der Waals surface area (Å²) in [6.45, 7) is 0. The van der Waals surface area contributed by atoms with Crippen LogP contribution in [-0.4, -0.2) is 22.6 Å². The Balaban J connectivity index is 3.21. The van der Waals surface area contributed by atoms with Gasteiger partial charge in [-0.1, -0.05) is 28.1 Å². The molecule has 0 saturated heterocycles. The van der Waals surface area contributed by atoms with E-state index in [0.717, 1.165) is 4.47 Å². The van der Waals surface area contributed by atoms with E-state index in [9.17, 15) is 16.8 Å². The highest BCUT2D eigenvalue weighted by Crippen LogP contribution is 2.29. The minimum atomic E-state index is -4.07. The summed E-state index contributed by atoms with van der Waals surface area (Å²) in [5.74, 6) is -0.762. The van der Waals surface area contributed by atoms with Crippen molar-refractivity contribution in [2.75, 3.05) is 5.75 Å². The molecule has 1 aromatic carbocycles. The second-order valence-corrected chi connectivity index (χ2v) is 9.77. The van der Waals surface area contributed by atoms with Gasteiger partial charge in [-0.25, -0.2) is 16.8 Å². The molecule has 0 N–H and O–H groups in total. The van der Waals surface area contributed by atoms with Crippen LogP contribution in [0.3, 0.4) is 0 Å². The first-order valence-electron chi connectivity index (χ1n) is 4.21. The normalized spacial score (nSPS) is 14.5. The average Bonchev–Trinajstić information content (AvgIpc) is 2.13. The number of hydrogen-bond acceptors (Lipinski definition) is 4. The Labute approximate surface area is 117 Å². The van der Waals surface area contributed by atoms with E-state index in [1.807, 2.05) is 0 Å². The molecule has 17 heavy (non-hydrogen) atoms. The lowest BCUT2D eigenvalue weighted by Crippen LogP contribution is -2.16. The van der Waals surface area contributed by atoms with E-state index in [0.29, 0.717) is 0 Å². The van der Waals surface area contributed by atoms with Crippen molar-refractivity contribution in [3.63, 3.8) is 0 Å². The van der Waals surface area contributed by atoms with Crippen LogP contribution in [0.4, 0.5) is 0 Å². The Bertz CT molecular complexity index is 595. The van der Waals surface area contributed by atoms with E-state index in [1.54, 1.807) is 12.1 Å². The summed E-state index contributed by atoms with van der Waals surface area (Å²) in [4.78, 5) is 0. The summed E-state index contributed by atoms with van der Waals surface area (Å²) in [5.41, 5.74) is 0.271. The molecule has 0 aliphatic carbocycles. The van der Waals surface area contributed by atoms with E-state index >= 15 is 0 Å². The predicted molar refractivity (Wildman–Crippen MR) is 71.3 cm³/mol. The smallest absolute Gasteiger partial charge is 0.212 e. The third kappa shape index (κ3) is 5.13. The van der Waals surface area contributed by atoms with Gasteiger partial charge in [0.1, 0.15) is 5.25 Å². The van der Waals surface area contributed by atoms with Gasteiger partial charge in [-0.15, -0.1) is 0 Å². The van der Waals surface area contributed by atoms with Gasteiger partial charge in [-0.3, -0.25) is 0 Å². The zero-order valence-electron chi connectivity index (χ0n) is 8.18. The fourth-order valence-electron chi connectivity index (χ4n) is 1.20. The summed E-state index contributed by atoms with van der Waals surface area (Å²) in [7, 11) is 2.23. The van der Waals surface area contributed by atoms with Gasteiger partial charge >= 0.3 is 0 Å². The molecule has 0 aliphatic rings. The Morgan fingerprint density at radius 1 is 1.06 bits per heavy atom. The van der Waals surface area contributed by atoms with Crippen LogP contribution in [-0.2, 0) is 18.1 Å². The molecule has 96 valence electrons. The fourth-order valence-corrected chi connectivity index (χ4v) is 5.06. The summed E-state index contributed by atoms with van der Waals surface area (Å²) in [6.07, 6.45) is 0. The van der Waals surface area contributed by atoms with Crippen molar-refractivity contribution in [3.05, 3.63) is 34.3 Å². The molecule has 0 spiro atoms. The van der Waals surface area contributed by atoms with Crippen molar-refractivity contribution in [2.45, 2.75) is 5.25 Å². The van der Waals surface area contributed by atoms with E-state index in [2.05, 4.69) is 15.9 Å². The van der Waals surface area contributed by atoms with Crippen LogP contribution in [0.2, 0.25) is 0 Å². The molecule has 0 bridgehead atoms. The van der Waals surface area contributed by atoms with Gasteiger partial charge in [-0.05, 0) is 17.7 Å². The van der Waals surface area contributed by atoms with E-state index in [1.165, 1.54) is 12.1 Å². The molecule has 1 unspecified atom stereocenters. The minimum absolute atomic E-state index is 0.271. The Kier molecular flexibility index (Phi) is 4.88. The molecule has 0 amide bonds. The van der Waals surface area contributed by atoms with Crippen LogP contribution in [0.15, 0.2) is 28.7 Å². The molecule has 9 heteroatoms. The zero-order chi connectivity index (χ0) is 13.3. The molecule has 1 atom stereocenters. The van der Waals surface area contributed by atoms with Crippen LogP contribution in [0.5, 0.6) is 0 Å². The van der Waals surface area contributed by atoms with Crippen LogP contribution >= 0.6 is 37.3 Å². The standard InChI is InChI=1S/C8H7BrCl2O4S2/c9-7-3-1-6(2-4-7)8(17(11,14)15)5-16(10,12)13/h1-4,8H,5H2. The second-order valence-electron chi connectivity index (χ2n) is 3.22. The quantitative estimate of drug-likeness (QED) is 0.751. The average molecular weight is 382 g/mol. The van der Waals surface area contributed by atoms with Gasteiger partial charge in [0.25, 0.3) is 0 Å². The molecule has 4 nitrogen and oxygen atoms in total. The SMILES string of the molecule is O=S(=O)(Cl)CC(c1ccc(Br)cc1)S(=O)(=O)Cl. The highest BCUT2D eigenvalue weighted by molar-refractivity contribution is 9.10. The van der Waals surface area contributed by atoms with Gasteiger partial charge in [0.2, 0.25) is 18.1 Å². The van der Waals surface area contributed by atoms with Crippen molar-refractivity contribution < 1.29 is 16.8 Å². The Hall–Kier alpha value is 0.180. The van der Waals surface area contributed by atoms with Crippen molar-refractivity contribution in [1.82, 2.24) is 0 Å². The van der Waals surface area contributed by atoms with Crippen LogP contribution in [0, 0.1) is 0 Å². The topological polar surface area (TPSA) is 68.3 Å². The van der Waals surface area contributed by atoms with Gasteiger partial charge in [-0.2, -0.15) is 0 Å². The van der Waals surface area contributed by atoms with Gasteiger partial charge in [0.05, 0.1) is 5.75 Å². The zero-order valence-corrected chi connectivity index (χ0v) is 12.9. The largest absolute Gasteiger partial charge is 0.240 e. The highest BCUT2D eigenvalue weighted by atomic mass is 79.9. The van der Waals surface area contributed by atoms with Gasteiger partial charge in [0, 0.05) is 25.8 Å². The van der Waals surface area contributed by atoms with Crippen molar-refractivity contribution in [3.8, 4) is 0 Å². The van der Waals surface area contributed by atoms with Crippen LogP contribution in [0.25, 0.3) is 0 Å². The van der Waals surface area contributed by atoms with E-state index in [-0.39, 0.29) is 5.56 Å². The first kappa shape index (κ1) is 15.2. The van der Waals surface area contributed by atoms with Gasteiger partial charge < -0.3 is 0 Å². The number of hydrogen-bond donors (Lipinski definition) is 0. The summed E-state index contributed by atoms with van der Waals surface area (Å²) >= 11 is 3.18. The lowest BCUT2D eigenvalue weighted by Gasteiger charge is -2.12. The summed E-state index contributed by atoms with van der Waals surface area (Å²) in [6, 6.07) is 6.12. The third-order valence-electron chi connectivity index (χ3n) is 1.93. The summed E-state index contributed by atoms with van der Waals surface area (Å²) < 4.78 is 45.3. The molecule has 0 fully saturated rings. The summed E-state index contributed by atoms with van der Waals surface area (Å²) in [5, 5.41) is -1.38. The Morgan fingerprint density at radius 3 is 1.88 bits per heavy atom. The first-order chi connectivity index (χ1) is 7.59. The highest BCUT2D eigenvalue weighted by Gasteiger charge is 2.30. The maximum absolute atomic E-state index is 11.3. The van der Waals surface area contributed by atoms with Crippen LogP contribution < -0.4 is 0 Å². The number of rotatable bonds is 4. The number of halogens is 3. The fraction of sp³-hybridized carbons (Fsp3) is 0.250. The minimum Gasteiger partial charge on any atom is -0.212 e. The molecule has 1 rings (SSSR count). The molecule has 1 aromatic rings.